The second-order valence-corrected chi connectivity index (χ2v) is 8.64. The van der Waals surface area contributed by atoms with E-state index in [1.807, 2.05) is 24.3 Å². The number of amides is 1. The van der Waals surface area contributed by atoms with Crippen LogP contribution in [0.2, 0.25) is 5.02 Å². The molecule has 27 heavy (non-hydrogen) atoms. The van der Waals surface area contributed by atoms with E-state index in [1.54, 1.807) is 36.4 Å². The number of carbonyl (C=O) groups is 1. The Hall–Kier alpha value is -2.57. The van der Waals surface area contributed by atoms with Crippen LogP contribution >= 0.6 is 11.6 Å². The highest BCUT2D eigenvalue weighted by molar-refractivity contribution is 7.93. The molecular formula is C20H17ClN2O3S. The van der Waals surface area contributed by atoms with Crippen molar-refractivity contribution in [3.05, 3.63) is 65.7 Å². The van der Waals surface area contributed by atoms with Gasteiger partial charge in [-0.25, -0.2) is 8.42 Å². The zero-order valence-electron chi connectivity index (χ0n) is 14.4. The number of halogens is 1. The highest BCUT2D eigenvalue weighted by atomic mass is 35.5. The first-order valence-electron chi connectivity index (χ1n) is 8.57. The van der Waals surface area contributed by atoms with E-state index >= 15 is 0 Å². The molecule has 0 aliphatic carbocycles. The number of anilines is 2. The molecule has 7 heteroatoms. The molecule has 1 amide bonds. The number of rotatable bonds is 5. The van der Waals surface area contributed by atoms with Gasteiger partial charge < -0.3 is 5.32 Å². The van der Waals surface area contributed by atoms with Gasteiger partial charge in [0.25, 0.3) is 10.0 Å². The van der Waals surface area contributed by atoms with Crippen molar-refractivity contribution in [1.29, 1.82) is 0 Å². The molecule has 0 radical (unpaired) electrons. The third kappa shape index (κ3) is 3.26. The highest BCUT2D eigenvalue weighted by Gasteiger charge is 2.34. The Labute approximate surface area is 162 Å². The molecule has 3 aromatic rings. The fourth-order valence-corrected chi connectivity index (χ4v) is 5.31. The number of nitrogens with one attached hydrogen (secondary N) is 1. The lowest BCUT2D eigenvalue weighted by Gasteiger charge is -2.18. The Morgan fingerprint density at radius 1 is 1.04 bits per heavy atom. The number of nitrogens with zero attached hydrogens (tertiary/aromatic N) is 1. The summed E-state index contributed by atoms with van der Waals surface area (Å²) in [6.07, 6.45) is 0.626. The van der Waals surface area contributed by atoms with Crippen LogP contribution in [0.5, 0.6) is 0 Å². The van der Waals surface area contributed by atoms with Crippen LogP contribution in [0.3, 0.4) is 0 Å². The summed E-state index contributed by atoms with van der Waals surface area (Å²) in [4.78, 5) is 12.5. The van der Waals surface area contributed by atoms with E-state index in [-0.39, 0.29) is 18.9 Å². The highest BCUT2D eigenvalue weighted by Crippen LogP contribution is 2.41. The third-order valence-corrected chi connectivity index (χ3v) is 6.65. The Morgan fingerprint density at radius 2 is 1.78 bits per heavy atom. The number of carbonyl (C=O) groups excluding carboxylic acids is 1. The van der Waals surface area contributed by atoms with E-state index in [1.165, 1.54) is 4.31 Å². The summed E-state index contributed by atoms with van der Waals surface area (Å²) in [5.74, 6) is -0.176. The molecule has 0 saturated heterocycles. The number of hydrogen-bond donors (Lipinski definition) is 1. The van der Waals surface area contributed by atoms with Crippen molar-refractivity contribution in [2.45, 2.75) is 17.7 Å². The molecule has 138 valence electrons. The average molecular weight is 401 g/mol. The van der Waals surface area contributed by atoms with Gasteiger partial charge >= 0.3 is 0 Å². The van der Waals surface area contributed by atoms with Crippen LogP contribution in [-0.2, 0) is 14.8 Å². The zero-order valence-corrected chi connectivity index (χ0v) is 15.9. The molecule has 3 aromatic carbocycles. The van der Waals surface area contributed by atoms with Crippen LogP contribution in [0.1, 0.15) is 12.8 Å². The van der Waals surface area contributed by atoms with Crippen molar-refractivity contribution in [3.8, 4) is 0 Å². The molecule has 5 nitrogen and oxygen atoms in total. The summed E-state index contributed by atoms with van der Waals surface area (Å²) in [5.41, 5.74) is 1.30. The number of benzene rings is 3. The maximum atomic E-state index is 12.9. The molecule has 1 aliphatic rings. The normalized spacial score (nSPS) is 14.5. The van der Waals surface area contributed by atoms with Gasteiger partial charge in [0.15, 0.2) is 0 Å². The van der Waals surface area contributed by atoms with E-state index in [2.05, 4.69) is 5.32 Å². The molecule has 0 fully saturated rings. The summed E-state index contributed by atoms with van der Waals surface area (Å²) in [5, 5.41) is 4.97. The number of sulfonamides is 1. The summed E-state index contributed by atoms with van der Waals surface area (Å²) in [6, 6.07) is 17.8. The standard InChI is InChI=1S/C20H17ClN2O3S/c21-15-7-3-8-16(13-15)22-19(24)11-4-12-23-17-9-1-5-14-6-2-10-18(20(14)17)27(23,25)26/h1-3,5-10,13H,4,11-12H2,(H,22,24). The van der Waals surface area contributed by atoms with E-state index in [4.69, 9.17) is 11.6 Å². The fraction of sp³-hybridized carbons (Fsp3) is 0.150. The summed E-state index contributed by atoms with van der Waals surface area (Å²) in [7, 11) is -3.58. The van der Waals surface area contributed by atoms with Crippen LogP contribution in [0.4, 0.5) is 11.4 Å². The monoisotopic (exact) mass is 400 g/mol. The van der Waals surface area contributed by atoms with Crippen LogP contribution in [0.15, 0.2) is 65.6 Å². The van der Waals surface area contributed by atoms with Gasteiger partial charge in [-0.05, 0) is 42.1 Å². The Bertz CT molecular complexity index is 1140. The van der Waals surface area contributed by atoms with Gasteiger partial charge in [-0.3, -0.25) is 9.10 Å². The maximum absolute atomic E-state index is 12.9. The van der Waals surface area contributed by atoms with Gasteiger partial charge in [-0.2, -0.15) is 0 Å². The largest absolute Gasteiger partial charge is 0.326 e. The van der Waals surface area contributed by atoms with E-state index in [0.717, 1.165) is 10.8 Å². The first-order chi connectivity index (χ1) is 13.0. The molecule has 0 bridgehead atoms. The molecule has 0 spiro atoms. The Balaban J connectivity index is 1.46. The van der Waals surface area contributed by atoms with Gasteiger partial charge in [-0.1, -0.05) is 41.9 Å². The first kappa shape index (κ1) is 17.8. The molecule has 1 N–H and O–H groups in total. The molecule has 4 rings (SSSR count). The van der Waals surface area contributed by atoms with Crippen LogP contribution < -0.4 is 9.62 Å². The van der Waals surface area contributed by atoms with E-state index in [0.29, 0.717) is 27.7 Å². The Morgan fingerprint density at radius 3 is 2.56 bits per heavy atom. The van der Waals surface area contributed by atoms with Crippen LogP contribution in [-0.4, -0.2) is 20.9 Å². The second kappa shape index (κ2) is 6.87. The maximum Gasteiger partial charge on any atom is 0.265 e. The Kier molecular flexibility index (Phi) is 4.53. The molecule has 1 heterocycles. The minimum absolute atomic E-state index is 0.176. The molecular weight excluding hydrogens is 384 g/mol. The van der Waals surface area contributed by atoms with E-state index in [9.17, 15) is 13.2 Å². The van der Waals surface area contributed by atoms with Crippen LogP contribution in [0, 0.1) is 0 Å². The SMILES string of the molecule is O=C(CCCN1c2cccc3cccc(c23)S1(=O)=O)Nc1cccc(Cl)c1. The predicted octanol–water partition coefficient (Wildman–Crippen LogP) is 4.42. The van der Waals surface area contributed by atoms with Gasteiger partial charge in [0.2, 0.25) is 5.91 Å². The summed E-state index contributed by atoms with van der Waals surface area (Å²) < 4.78 is 27.2. The molecule has 0 unspecified atom stereocenters. The minimum atomic E-state index is -3.58. The second-order valence-electron chi connectivity index (χ2n) is 6.37. The zero-order chi connectivity index (χ0) is 19.0. The van der Waals surface area contributed by atoms with Crippen molar-refractivity contribution >= 4 is 49.7 Å². The van der Waals surface area contributed by atoms with Gasteiger partial charge in [0, 0.05) is 29.1 Å². The lowest BCUT2D eigenvalue weighted by Crippen LogP contribution is -2.28. The van der Waals surface area contributed by atoms with Gasteiger partial charge in [0.1, 0.15) is 0 Å². The minimum Gasteiger partial charge on any atom is -0.326 e. The molecule has 0 aromatic heterocycles. The van der Waals surface area contributed by atoms with Crippen molar-refractivity contribution in [2.24, 2.45) is 0 Å². The summed E-state index contributed by atoms with van der Waals surface area (Å²) >= 11 is 5.91. The smallest absolute Gasteiger partial charge is 0.265 e. The fourth-order valence-electron chi connectivity index (χ4n) is 3.37. The first-order valence-corrected chi connectivity index (χ1v) is 10.4. The quantitative estimate of drug-likeness (QED) is 0.689. The van der Waals surface area contributed by atoms with E-state index < -0.39 is 10.0 Å². The van der Waals surface area contributed by atoms with Crippen molar-refractivity contribution < 1.29 is 13.2 Å². The van der Waals surface area contributed by atoms with Gasteiger partial charge in [0.05, 0.1) is 10.6 Å². The van der Waals surface area contributed by atoms with Crippen molar-refractivity contribution in [2.75, 3.05) is 16.2 Å². The average Bonchev–Trinajstić information content (AvgIpc) is 2.85. The molecule has 1 aliphatic heterocycles. The van der Waals surface area contributed by atoms with Crippen molar-refractivity contribution in [3.63, 3.8) is 0 Å². The lowest BCUT2D eigenvalue weighted by molar-refractivity contribution is -0.116. The topological polar surface area (TPSA) is 66.5 Å². The summed E-state index contributed by atoms with van der Waals surface area (Å²) in [6.45, 7) is 0.249. The molecule has 0 saturated carbocycles. The van der Waals surface area contributed by atoms with Gasteiger partial charge in [-0.15, -0.1) is 0 Å². The number of hydrogen-bond acceptors (Lipinski definition) is 3. The lowest BCUT2D eigenvalue weighted by atomic mass is 10.1. The van der Waals surface area contributed by atoms with Crippen molar-refractivity contribution in [1.82, 2.24) is 0 Å². The predicted molar refractivity (Wildman–Crippen MR) is 108 cm³/mol. The van der Waals surface area contributed by atoms with Crippen LogP contribution in [0.25, 0.3) is 10.8 Å². The molecule has 0 atom stereocenters. The third-order valence-electron chi connectivity index (χ3n) is 4.55.